The SMILES string of the molecule is CC/C=C\C/C=C\C/C=C\C/C=C\CCCCCCCCCCCCCCCCCCCCC(=O)NC(COC1OC(CO)C(OC2OC(CO)C(OC3OC(CO)C(O)C(O)C3O)C(O)C2O)C(O)C1O)C(O)CCCCCCCCCCCCCCCCCCCCCCCCCCCCCCCCCCC. The first-order valence-corrected chi connectivity index (χ1v) is 45.4. The molecule has 0 aromatic heterocycles. The van der Waals surface area contributed by atoms with Crippen LogP contribution in [0.3, 0.4) is 0 Å². The van der Waals surface area contributed by atoms with Gasteiger partial charge in [0.15, 0.2) is 18.9 Å². The molecule has 19 heteroatoms. The predicted octanol–water partition coefficient (Wildman–Crippen LogP) is 17.2. The summed E-state index contributed by atoms with van der Waals surface area (Å²) >= 11 is 0. The number of hydrogen-bond donors (Lipinski definition) is 12. The third kappa shape index (κ3) is 48.8. The molecule has 17 atom stereocenters. The van der Waals surface area contributed by atoms with Crippen LogP contribution in [-0.2, 0) is 33.2 Å². The number of amides is 1. The van der Waals surface area contributed by atoms with Crippen molar-refractivity contribution in [3.05, 3.63) is 48.6 Å². The smallest absolute Gasteiger partial charge is 0.220 e. The first kappa shape index (κ1) is 101. The van der Waals surface area contributed by atoms with E-state index in [-0.39, 0.29) is 18.9 Å². The van der Waals surface area contributed by atoms with Crippen LogP contribution in [0.5, 0.6) is 0 Å². The maximum Gasteiger partial charge on any atom is 0.220 e. The zero-order valence-electron chi connectivity index (χ0n) is 69.1. The van der Waals surface area contributed by atoms with Crippen molar-refractivity contribution in [2.24, 2.45) is 0 Å². The van der Waals surface area contributed by atoms with Gasteiger partial charge in [0, 0.05) is 6.42 Å². The first-order valence-electron chi connectivity index (χ1n) is 45.4. The monoisotopic (exact) mass is 1550 g/mol. The van der Waals surface area contributed by atoms with E-state index < -0.39 is 124 Å². The third-order valence-corrected chi connectivity index (χ3v) is 22.7. The fourth-order valence-electron chi connectivity index (χ4n) is 15.5. The number of rotatable bonds is 74. The number of hydrogen-bond acceptors (Lipinski definition) is 18. The Kier molecular flexibility index (Phi) is 64.8. The van der Waals surface area contributed by atoms with Gasteiger partial charge in [-0.3, -0.25) is 4.79 Å². The van der Waals surface area contributed by atoms with Crippen molar-refractivity contribution in [2.45, 2.75) is 491 Å². The van der Waals surface area contributed by atoms with E-state index in [1.165, 1.54) is 283 Å². The second-order valence-electron chi connectivity index (χ2n) is 32.4. The summed E-state index contributed by atoms with van der Waals surface area (Å²) in [4.78, 5) is 13.5. The Morgan fingerprint density at radius 2 is 0.633 bits per heavy atom. The molecule has 3 fully saturated rings. The summed E-state index contributed by atoms with van der Waals surface area (Å²) < 4.78 is 34.6. The van der Waals surface area contributed by atoms with E-state index in [4.69, 9.17) is 28.4 Å². The maximum absolute atomic E-state index is 13.5. The van der Waals surface area contributed by atoms with Crippen molar-refractivity contribution in [1.82, 2.24) is 5.32 Å². The Morgan fingerprint density at radius 1 is 0.339 bits per heavy atom. The van der Waals surface area contributed by atoms with Crippen molar-refractivity contribution < 1.29 is 89.4 Å². The third-order valence-electron chi connectivity index (χ3n) is 22.7. The van der Waals surface area contributed by atoms with E-state index in [0.717, 1.165) is 70.6 Å². The van der Waals surface area contributed by atoms with E-state index in [0.29, 0.717) is 12.8 Å². The van der Waals surface area contributed by atoms with E-state index in [9.17, 15) is 61.0 Å². The van der Waals surface area contributed by atoms with Crippen LogP contribution in [0.2, 0.25) is 0 Å². The lowest BCUT2D eigenvalue weighted by atomic mass is 9.96. The largest absolute Gasteiger partial charge is 0.394 e. The maximum atomic E-state index is 13.5. The summed E-state index contributed by atoms with van der Waals surface area (Å²) in [5.41, 5.74) is 0. The summed E-state index contributed by atoms with van der Waals surface area (Å²) in [6, 6.07) is -0.890. The number of unbranched alkanes of at least 4 members (excludes halogenated alkanes) is 50. The van der Waals surface area contributed by atoms with E-state index in [1.807, 2.05) is 0 Å². The van der Waals surface area contributed by atoms with E-state index >= 15 is 0 Å². The van der Waals surface area contributed by atoms with Crippen LogP contribution in [-0.4, -0.2) is 193 Å². The molecule has 0 bridgehead atoms. The highest BCUT2D eigenvalue weighted by Gasteiger charge is 2.54. The number of carbonyl (C=O) groups is 1. The topological polar surface area (TPSA) is 307 Å². The van der Waals surface area contributed by atoms with Crippen molar-refractivity contribution in [2.75, 3.05) is 26.4 Å². The Labute approximate surface area is 663 Å². The van der Waals surface area contributed by atoms with Crippen LogP contribution in [0, 0.1) is 0 Å². The van der Waals surface area contributed by atoms with Crippen molar-refractivity contribution in [3.63, 3.8) is 0 Å². The zero-order valence-corrected chi connectivity index (χ0v) is 69.1. The average molecular weight is 1550 g/mol. The van der Waals surface area contributed by atoms with Gasteiger partial charge in [0.2, 0.25) is 5.91 Å². The predicted molar refractivity (Wildman–Crippen MR) is 439 cm³/mol. The Balaban J connectivity index is 1.32. The molecule has 3 heterocycles. The Bertz CT molecular complexity index is 2150. The van der Waals surface area contributed by atoms with Gasteiger partial charge in [-0.2, -0.15) is 0 Å². The average Bonchev–Trinajstić information content (AvgIpc) is 0.782. The van der Waals surface area contributed by atoms with Crippen molar-refractivity contribution >= 4 is 5.91 Å². The number of allylic oxidation sites excluding steroid dienone is 8. The van der Waals surface area contributed by atoms with Crippen LogP contribution >= 0.6 is 0 Å². The summed E-state index contributed by atoms with van der Waals surface area (Å²) in [5, 5.41) is 121. The molecule has 12 N–H and O–H groups in total. The highest BCUT2D eigenvalue weighted by molar-refractivity contribution is 5.76. The minimum absolute atomic E-state index is 0.236. The van der Waals surface area contributed by atoms with Crippen LogP contribution < -0.4 is 5.32 Å². The number of aliphatic hydroxyl groups excluding tert-OH is 11. The molecule has 0 aromatic carbocycles. The summed E-state index contributed by atoms with van der Waals surface area (Å²) in [7, 11) is 0. The Morgan fingerprint density at radius 3 is 0.991 bits per heavy atom. The van der Waals surface area contributed by atoms with Gasteiger partial charge >= 0.3 is 0 Å². The summed E-state index contributed by atoms with van der Waals surface area (Å²) in [5.74, 6) is -0.236. The molecule has 17 unspecified atom stereocenters. The second kappa shape index (κ2) is 70.0. The fraction of sp³-hybridized carbons (Fsp3) is 0.900. The van der Waals surface area contributed by atoms with Crippen molar-refractivity contribution in [1.29, 1.82) is 0 Å². The number of aliphatic hydroxyl groups is 11. The van der Waals surface area contributed by atoms with Gasteiger partial charge in [0.1, 0.15) is 73.2 Å². The zero-order chi connectivity index (χ0) is 78.8. The van der Waals surface area contributed by atoms with Crippen LogP contribution in [0.25, 0.3) is 0 Å². The number of ether oxygens (including phenoxy) is 6. The normalized spacial score (nSPS) is 25.5. The molecule has 109 heavy (non-hydrogen) atoms. The Hall–Kier alpha value is -2.25. The van der Waals surface area contributed by atoms with Gasteiger partial charge in [-0.25, -0.2) is 0 Å². The van der Waals surface area contributed by atoms with Gasteiger partial charge in [0.05, 0.1) is 38.6 Å². The van der Waals surface area contributed by atoms with Crippen LogP contribution in [0.4, 0.5) is 0 Å². The lowest BCUT2D eigenvalue weighted by molar-refractivity contribution is -0.379. The molecular weight excluding hydrogens is 1380 g/mol. The standard InChI is InChI=1S/C90H167NO18/c1-3-5-7-9-11-13-15-17-19-21-23-25-27-29-31-33-35-36-38-39-41-43-45-47-49-51-53-55-57-59-61-63-65-67-74(95)73(91-78(96)68-66-64-62-60-58-56-54-52-50-48-46-44-42-40-37-34-32-30-28-26-24-22-20-18-16-14-12-10-8-6-4-2)72-104-88-84(102)81(99)86(76(70-93)106-88)109-90-85(103)82(100)87(77(71-94)107-90)108-89-83(101)80(98)79(97)75(69-92)105-89/h6,8,12,14,18,20,24,26,73-77,79-90,92-95,97-103H,3-5,7,9-11,13,15-17,19,21-23,25,27-72H2,1-2H3,(H,91,96)/b8-6-,14-12-,20-18-,26-24-. The summed E-state index contributed by atoms with van der Waals surface area (Å²) in [6.45, 7) is 1.76. The van der Waals surface area contributed by atoms with E-state index in [2.05, 4.69) is 67.8 Å². The molecule has 0 spiro atoms. The minimum atomic E-state index is -1.97. The molecule has 0 aliphatic carbocycles. The molecular formula is C90H167NO18. The van der Waals surface area contributed by atoms with Gasteiger partial charge in [-0.15, -0.1) is 0 Å². The number of nitrogens with one attached hydrogen (secondary N) is 1. The molecule has 3 aliphatic heterocycles. The van der Waals surface area contributed by atoms with E-state index in [1.54, 1.807) is 0 Å². The molecule has 1 amide bonds. The van der Waals surface area contributed by atoms with Gasteiger partial charge in [0.25, 0.3) is 0 Å². The molecule has 0 radical (unpaired) electrons. The quantitative estimate of drug-likeness (QED) is 0.0199. The fourth-order valence-corrected chi connectivity index (χ4v) is 15.5. The van der Waals surface area contributed by atoms with Crippen LogP contribution in [0.1, 0.15) is 386 Å². The highest BCUT2D eigenvalue weighted by Crippen LogP contribution is 2.34. The van der Waals surface area contributed by atoms with Crippen molar-refractivity contribution in [3.8, 4) is 0 Å². The second-order valence-corrected chi connectivity index (χ2v) is 32.4. The lowest BCUT2D eigenvalue weighted by Gasteiger charge is -2.48. The first-order chi connectivity index (χ1) is 53.3. The molecule has 640 valence electrons. The molecule has 3 saturated heterocycles. The van der Waals surface area contributed by atoms with Gasteiger partial charge < -0.3 is 89.9 Å². The molecule has 3 aliphatic rings. The minimum Gasteiger partial charge on any atom is -0.394 e. The molecule has 19 nitrogen and oxygen atoms in total. The highest BCUT2D eigenvalue weighted by atomic mass is 16.8. The molecule has 0 aromatic rings. The molecule has 3 rings (SSSR count). The van der Waals surface area contributed by atoms with Gasteiger partial charge in [-0.05, 0) is 51.4 Å². The van der Waals surface area contributed by atoms with Crippen LogP contribution in [0.15, 0.2) is 48.6 Å². The number of carbonyl (C=O) groups excluding carboxylic acids is 1. The molecule has 0 saturated carbocycles. The summed E-state index contributed by atoms with van der Waals surface area (Å²) in [6.07, 6.45) is 63.6. The lowest BCUT2D eigenvalue weighted by Crippen LogP contribution is -2.66. The van der Waals surface area contributed by atoms with Gasteiger partial charge in [-0.1, -0.05) is 377 Å².